The van der Waals surface area contributed by atoms with Crippen LogP contribution in [0.3, 0.4) is 0 Å². The Labute approximate surface area is 130 Å². The van der Waals surface area contributed by atoms with E-state index in [2.05, 4.69) is 16.4 Å². The van der Waals surface area contributed by atoms with Crippen molar-refractivity contribution in [1.82, 2.24) is 10.3 Å². The Morgan fingerprint density at radius 1 is 1.45 bits per heavy atom. The number of oxazole rings is 1. The first-order chi connectivity index (χ1) is 10.6. The van der Waals surface area contributed by atoms with Crippen LogP contribution in [-0.2, 0) is 6.54 Å². The molecule has 0 saturated heterocycles. The van der Waals surface area contributed by atoms with Crippen molar-refractivity contribution in [3.63, 3.8) is 0 Å². The van der Waals surface area contributed by atoms with Gasteiger partial charge in [-0.25, -0.2) is 4.98 Å². The third kappa shape index (κ3) is 2.85. The van der Waals surface area contributed by atoms with Gasteiger partial charge in [0, 0.05) is 18.5 Å². The Morgan fingerprint density at radius 3 is 2.91 bits per heavy atom. The zero-order valence-corrected chi connectivity index (χ0v) is 13.0. The molecule has 2 aromatic rings. The lowest BCUT2D eigenvalue weighted by Gasteiger charge is -2.16. The van der Waals surface area contributed by atoms with E-state index in [9.17, 15) is 10.4 Å². The maximum atomic E-state index is 9.86. The van der Waals surface area contributed by atoms with E-state index in [0.29, 0.717) is 23.6 Å². The summed E-state index contributed by atoms with van der Waals surface area (Å²) >= 11 is 0. The Hall–Kier alpha value is -1.90. The van der Waals surface area contributed by atoms with Crippen LogP contribution >= 0.6 is 0 Å². The van der Waals surface area contributed by atoms with Crippen molar-refractivity contribution < 1.29 is 9.52 Å². The van der Waals surface area contributed by atoms with E-state index in [1.165, 1.54) is 0 Å². The predicted octanol–water partition coefficient (Wildman–Crippen LogP) is 2.83. The van der Waals surface area contributed by atoms with E-state index in [1.807, 2.05) is 26.0 Å². The topological polar surface area (TPSA) is 82.1 Å². The molecule has 0 spiro atoms. The molecule has 1 aliphatic carbocycles. The van der Waals surface area contributed by atoms with Crippen LogP contribution in [-0.4, -0.2) is 22.2 Å². The summed E-state index contributed by atoms with van der Waals surface area (Å²) in [5, 5.41) is 22.6. The van der Waals surface area contributed by atoms with Gasteiger partial charge in [-0.15, -0.1) is 0 Å². The van der Waals surface area contributed by atoms with Crippen LogP contribution < -0.4 is 5.32 Å². The van der Waals surface area contributed by atoms with Crippen molar-refractivity contribution in [1.29, 1.82) is 5.26 Å². The third-order valence-corrected chi connectivity index (χ3v) is 4.23. The summed E-state index contributed by atoms with van der Waals surface area (Å²) in [6.45, 7) is 4.65. The molecule has 1 aromatic heterocycles. The standard InChI is InChI=1S/C17H21N3O2/c1-10(2)17-20-14-7-11(6-12(8-18)16(14)22-17)9-19-13-4-3-5-15(13)21/h6-7,10,13,15,19,21H,3-5,9H2,1-2H3/t13-,15-/m1/s1. The molecule has 0 amide bonds. The second-order valence-corrected chi connectivity index (χ2v) is 6.30. The van der Waals surface area contributed by atoms with Gasteiger partial charge in [0.05, 0.1) is 11.7 Å². The molecule has 0 radical (unpaired) electrons. The van der Waals surface area contributed by atoms with E-state index < -0.39 is 0 Å². The fourth-order valence-corrected chi connectivity index (χ4v) is 2.97. The Bertz CT molecular complexity index is 714. The number of nitrogens with one attached hydrogen (secondary N) is 1. The highest BCUT2D eigenvalue weighted by Crippen LogP contribution is 2.26. The Kier molecular flexibility index (Phi) is 4.14. The summed E-state index contributed by atoms with van der Waals surface area (Å²) in [7, 11) is 0. The lowest BCUT2D eigenvalue weighted by molar-refractivity contribution is 0.148. The van der Waals surface area contributed by atoms with E-state index in [0.717, 1.165) is 30.3 Å². The van der Waals surface area contributed by atoms with E-state index in [-0.39, 0.29) is 18.1 Å². The monoisotopic (exact) mass is 299 g/mol. The van der Waals surface area contributed by atoms with E-state index in [1.54, 1.807) is 0 Å². The number of aromatic nitrogens is 1. The number of aliphatic hydroxyl groups is 1. The average Bonchev–Trinajstić information content (AvgIpc) is 3.10. The summed E-state index contributed by atoms with van der Waals surface area (Å²) in [6.07, 6.45) is 2.65. The first kappa shape index (κ1) is 15.0. The fraction of sp³-hybridized carbons (Fsp3) is 0.529. The van der Waals surface area contributed by atoms with Crippen molar-refractivity contribution >= 4 is 11.1 Å². The molecule has 1 saturated carbocycles. The molecule has 2 atom stereocenters. The summed E-state index contributed by atoms with van der Waals surface area (Å²) in [5.74, 6) is 0.844. The number of aliphatic hydroxyl groups excluding tert-OH is 1. The van der Waals surface area contributed by atoms with Gasteiger partial charge < -0.3 is 14.8 Å². The van der Waals surface area contributed by atoms with Crippen LogP contribution in [0.25, 0.3) is 11.1 Å². The van der Waals surface area contributed by atoms with Gasteiger partial charge in [0.15, 0.2) is 11.5 Å². The molecule has 1 heterocycles. The number of nitriles is 1. The largest absolute Gasteiger partial charge is 0.439 e. The van der Waals surface area contributed by atoms with Crippen LogP contribution in [0.5, 0.6) is 0 Å². The van der Waals surface area contributed by atoms with E-state index >= 15 is 0 Å². The van der Waals surface area contributed by atoms with Crippen molar-refractivity contribution in [2.24, 2.45) is 0 Å². The molecule has 1 aromatic carbocycles. The molecule has 22 heavy (non-hydrogen) atoms. The molecular formula is C17H21N3O2. The van der Waals surface area contributed by atoms with Crippen LogP contribution in [0.15, 0.2) is 16.5 Å². The molecule has 3 rings (SSSR count). The Balaban J connectivity index is 1.85. The minimum absolute atomic E-state index is 0.143. The molecule has 0 unspecified atom stereocenters. The number of fused-ring (bicyclic) bond motifs is 1. The molecular weight excluding hydrogens is 278 g/mol. The van der Waals surface area contributed by atoms with Gasteiger partial charge in [0.1, 0.15) is 11.6 Å². The first-order valence-corrected chi connectivity index (χ1v) is 7.83. The smallest absolute Gasteiger partial charge is 0.198 e. The van der Waals surface area contributed by atoms with Gasteiger partial charge in [0.2, 0.25) is 0 Å². The van der Waals surface area contributed by atoms with Crippen molar-refractivity contribution in [2.45, 2.75) is 57.7 Å². The summed E-state index contributed by atoms with van der Waals surface area (Å²) < 4.78 is 5.71. The molecule has 5 nitrogen and oxygen atoms in total. The van der Waals surface area contributed by atoms with Gasteiger partial charge >= 0.3 is 0 Å². The lowest BCUT2D eigenvalue weighted by atomic mass is 10.1. The second-order valence-electron chi connectivity index (χ2n) is 6.30. The van der Waals surface area contributed by atoms with Crippen LogP contribution in [0.4, 0.5) is 0 Å². The zero-order chi connectivity index (χ0) is 15.7. The van der Waals surface area contributed by atoms with Crippen LogP contribution in [0.2, 0.25) is 0 Å². The van der Waals surface area contributed by atoms with Gasteiger partial charge in [-0.3, -0.25) is 0 Å². The minimum Gasteiger partial charge on any atom is -0.439 e. The van der Waals surface area contributed by atoms with Gasteiger partial charge in [0.25, 0.3) is 0 Å². The SMILES string of the molecule is CC(C)c1nc2cc(CN[C@@H]3CCC[C@H]3O)cc(C#N)c2o1. The normalized spacial score (nSPS) is 21.6. The van der Waals surface area contributed by atoms with Crippen molar-refractivity contribution in [2.75, 3.05) is 0 Å². The average molecular weight is 299 g/mol. The highest BCUT2D eigenvalue weighted by atomic mass is 16.3. The Morgan fingerprint density at radius 2 is 2.27 bits per heavy atom. The quantitative estimate of drug-likeness (QED) is 0.907. The summed E-state index contributed by atoms with van der Waals surface area (Å²) in [4.78, 5) is 4.48. The highest BCUT2D eigenvalue weighted by molar-refractivity contribution is 5.80. The third-order valence-electron chi connectivity index (χ3n) is 4.23. The number of rotatable bonds is 4. The summed E-state index contributed by atoms with van der Waals surface area (Å²) in [6, 6.07) is 6.13. The molecule has 5 heteroatoms. The zero-order valence-electron chi connectivity index (χ0n) is 13.0. The predicted molar refractivity (Wildman–Crippen MR) is 83.3 cm³/mol. The number of nitrogens with zero attached hydrogens (tertiary/aromatic N) is 2. The maximum absolute atomic E-state index is 9.86. The fourth-order valence-electron chi connectivity index (χ4n) is 2.97. The van der Waals surface area contributed by atoms with Crippen LogP contribution in [0, 0.1) is 11.3 Å². The molecule has 1 aliphatic rings. The van der Waals surface area contributed by atoms with Gasteiger partial charge in [-0.1, -0.05) is 13.8 Å². The van der Waals surface area contributed by atoms with E-state index in [4.69, 9.17) is 4.42 Å². The van der Waals surface area contributed by atoms with Gasteiger partial charge in [-0.05, 0) is 37.0 Å². The first-order valence-electron chi connectivity index (χ1n) is 7.83. The highest BCUT2D eigenvalue weighted by Gasteiger charge is 2.24. The second kappa shape index (κ2) is 6.07. The molecule has 1 fully saturated rings. The molecule has 0 aliphatic heterocycles. The molecule has 2 N–H and O–H groups in total. The number of hydrogen-bond acceptors (Lipinski definition) is 5. The number of benzene rings is 1. The number of hydrogen-bond donors (Lipinski definition) is 2. The van der Waals surface area contributed by atoms with Crippen LogP contribution in [0.1, 0.15) is 56.0 Å². The van der Waals surface area contributed by atoms with Crippen molar-refractivity contribution in [3.8, 4) is 6.07 Å². The maximum Gasteiger partial charge on any atom is 0.198 e. The minimum atomic E-state index is -0.265. The van der Waals surface area contributed by atoms with Gasteiger partial charge in [-0.2, -0.15) is 5.26 Å². The van der Waals surface area contributed by atoms with Crippen molar-refractivity contribution in [3.05, 3.63) is 29.2 Å². The summed E-state index contributed by atoms with van der Waals surface area (Å²) in [5.41, 5.74) is 2.80. The molecule has 0 bridgehead atoms. The lowest BCUT2D eigenvalue weighted by Crippen LogP contribution is -2.35. The molecule has 116 valence electrons.